The van der Waals surface area contributed by atoms with Crippen LogP contribution in [0.1, 0.15) is 16.2 Å². The smallest absolute Gasteiger partial charge is 0.358 e. The Labute approximate surface area is 106 Å². The van der Waals surface area contributed by atoms with E-state index in [1.54, 1.807) is 6.07 Å². The van der Waals surface area contributed by atoms with Crippen LogP contribution in [0.5, 0.6) is 0 Å². The minimum Gasteiger partial charge on any atom is -0.476 e. The predicted octanol–water partition coefficient (Wildman–Crippen LogP) is 2.39. The SMILES string of the molecule is Nc1cc(F)ccc1SCc1cc(C(=O)O)no1. The van der Waals surface area contributed by atoms with Crippen molar-refractivity contribution in [2.24, 2.45) is 0 Å². The van der Waals surface area contributed by atoms with Crippen molar-refractivity contribution in [1.29, 1.82) is 0 Å². The summed E-state index contributed by atoms with van der Waals surface area (Å²) in [7, 11) is 0. The topological polar surface area (TPSA) is 89.4 Å². The van der Waals surface area contributed by atoms with Crippen LogP contribution in [0.4, 0.5) is 10.1 Å². The van der Waals surface area contributed by atoms with Crippen LogP contribution < -0.4 is 5.73 Å². The lowest BCUT2D eigenvalue weighted by Gasteiger charge is -2.03. The second-order valence-electron chi connectivity index (χ2n) is 3.45. The van der Waals surface area contributed by atoms with Crippen molar-refractivity contribution in [3.8, 4) is 0 Å². The van der Waals surface area contributed by atoms with Crippen LogP contribution in [0.15, 0.2) is 33.7 Å². The molecule has 0 saturated heterocycles. The third kappa shape index (κ3) is 2.80. The lowest BCUT2D eigenvalue weighted by Crippen LogP contribution is -1.94. The van der Waals surface area contributed by atoms with Crippen LogP contribution in [0.3, 0.4) is 0 Å². The Hall–Kier alpha value is -2.02. The van der Waals surface area contributed by atoms with Gasteiger partial charge >= 0.3 is 5.97 Å². The molecule has 1 heterocycles. The Bertz CT molecular complexity index is 585. The van der Waals surface area contributed by atoms with E-state index in [1.807, 2.05) is 0 Å². The van der Waals surface area contributed by atoms with E-state index in [-0.39, 0.29) is 5.69 Å². The number of carboxylic acids is 1. The van der Waals surface area contributed by atoms with Gasteiger partial charge in [0.2, 0.25) is 0 Å². The number of anilines is 1. The van der Waals surface area contributed by atoms with Gasteiger partial charge < -0.3 is 15.4 Å². The largest absolute Gasteiger partial charge is 0.476 e. The van der Waals surface area contributed by atoms with Gasteiger partial charge in [-0.3, -0.25) is 0 Å². The quantitative estimate of drug-likeness (QED) is 0.653. The minimum absolute atomic E-state index is 0.141. The van der Waals surface area contributed by atoms with Gasteiger partial charge in [0.15, 0.2) is 5.69 Å². The average molecular weight is 268 g/mol. The van der Waals surface area contributed by atoms with Crippen LogP contribution in [-0.2, 0) is 5.75 Å². The number of thioether (sulfide) groups is 1. The van der Waals surface area contributed by atoms with Gasteiger partial charge in [0.25, 0.3) is 0 Å². The molecule has 0 aliphatic carbocycles. The Balaban J connectivity index is 2.04. The van der Waals surface area contributed by atoms with Crippen molar-refractivity contribution < 1.29 is 18.8 Å². The molecule has 0 saturated carbocycles. The van der Waals surface area contributed by atoms with E-state index >= 15 is 0 Å². The molecule has 2 rings (SSSR count). The Morgan fingerprint density at radius 1 is 1.50 bits per heavy atom. The third-order valence-corrected chi connectivity index (χ3v) is 3.23. The normalized spacial score (nSPS) is 10.5. The molecule has 0 aliphatic rings. The van der Waals surface area contributed by atoms with E-state index in [1.165, 1.54) is 30.0 Å². The maximum absolute atomic E-state index is 12.8. The summed E-state index contributed by atoms with van der Waals surface area (Å²) in [6.07, 6.45) is 0. The molecule has 0 fully saturated rings. The number of rotatable bonds is 4. The molecule has 0 spiro atoms. The molecule has 0 aliphatic heterocycles. The molecule has 0 radical (unpaired) electrons. The summed E-state index contributed by atoms with van der Waals surface area (Å²) in [5.74, 6) is -0.752. The van der Waals surface area contributed by atoms with E-state index in [0.29, 0.717) is 22.1 Å². The van der Waals surface area contributed by atoms with Crippen molar-refractivity contribution in [2.75, 3.05) is 5.73 Å². The summed E-state index contributed by atoms with van der Waals surface area (Å²) >= 11 is 1.32. The zero-order chi connectivity index (χ0) is 13.1. The van der Waals surface area contributed by atoms with Crippen molar-refractivity contribution in [3.05, 3.63) is 41.5 Å². The van der Waals surface area contributed by atoms with Crippen LogP contribution in [-0.4, -0.2) is 16.2 Å². The first-order valence-electron chi connectivity index (χ1n) is 4.93. The number of nitrogen functional groups attached to an aromatic ring is 1. The summed E-state index contributed by atoms with van der Waals surface area (Å²) < 4.78 is 17.7. The summed E-state index contributed by atoms with van der Waals surface area (Å²) in [5, 5.41) is 12.1. The Morgan fingerprint density at radius 2 is 2.28 bits per heavy atom. The fourth-order valence-corrected chi connectivity index (χ4v) is 2.11. The van der Waals surface area contributed by atoms with Gasteiger partial charge in [0.05, 0.1) is 5.75 Å². The molecular formula is C11H9FN2O3S. The molecule has 5 nitrogen and oxygen atoms in total. The molecule has 7 heteroatoms. The lowest BCUT2D eigenvalue weighted by atomic mass is 10.3. The minimum atomic E-state index is -1.14. The van der Waals surface area contributed by atoms with Crippen LogP contribution in [0.25, 0.3) is 0 Å². The first-order valence-corrected chi connectivity index (χ1v) is 5.91. The van der Waals surface area contributed by atoms with E-state index in [0.717, 1.165) is 0 Å². The second-order valence-corrected chi connectivity index (χ2v) is 4.47. The standard InChI is InChI=1S/C11H9FN2O3S/c12-6-1-2-10(8(13)3-6)18-5-7-4-9(11(15)16)14-17-7/h1-4H,5,13H2,(H,15,16). The number of hydrogen-bond donors (Lipinski definition) is 2. The van der Waals surface area contributed by atoms with E-state index in [9.17, 15) is 9.18 Å². The molecule has 18 heavy (non-hydrogen) atoms. The van der Waals surface area contributed by atoms with Gasteiger partial charge in [-0.25, -0.2) is 9.18 Å². The molecule has 1 aromatic heterocycles. The monoisotopic (exact) mass is 268 g/mol. The summed E-state index contributed by atoms with van der Waals surface area (Å²) in [4.78, 5) is 11.3. The first kappa shape index (κ1) is 12.4. The molecule has 1 aromatic carbocycles. The van der Waals surface area contributed by atoms with E-state index < -0.39 is 11.8 Å². The summed E-state index contributed by atoms with van der Waals surface area (Å²) in [5.41, 5.74) is 5.83. The summed E-state index contributed by atoms with van der Waals surface area (Å²) in [6, 6.07) is 5.44. The maximum atomic E-state index is 12.8. The van der Waals surface area contributed by atoms with Crippen molar-refractivity contribution >= 4 is 23.4 Å². The molecule has 94 valence electrons. The highest BCUT2D eigenvalue weighted by molar-refractivity contribution is 7.98. The number of benzene rings is 1. The van der Waals surface area contributed by atoms with Gasteiger partial charge in [0, 0.05) is 16.6 Å². The number of carbonyl (C=O) groups is 1. The van der Waals surface area contributed by atoms with Crippen molar-refractivity contribution in [2.45, 2.75) is 10.6 Å². The van der Waals surface area contributed by atoms with Crippen LogP contribution in [0, 0.1) is 5.82 Å². The first-order chi connectivity index (χ1) is 8.56. The van der Waals surface area contributed by atoms with Crippen molar-refractivity contribution in [1.82, 2.24) is 5.16 Å². The van der Waals surface area contributed by atoms with Gasteiger partial charge in [-0.2, -0.15) is 0 Å². The number of nitrogens with zero attached hydrogens (tertiary/aromatic N) is 1. The highest BCUT2D eigenvalue weighted by atomic mass is 32.2. The summed E-state index contributed by atoms with van der Waals surface area (Å²) in [6.45, 7) is 0. The second kappa shape index (κ2) is 5.09. The molecule has 3 N–H and O–H groups in total. The van der Waals surface area contributed by atoms with E-state index in [2.05, 4.69) is 5.16 Å². The number of halogens is 1. The predicted molar refractivity (Wildman–Crippen MR) is 63.8 cm³/mol. The lowest BCUT2D eigenvalue weighted by molar-refractivity contribution is 0.0685. The van der Waals surface area contributed by atoms with Gasteiger partial charge in [-0.1, -0.05) is 5.16 Å². The molecule has 0 bridgehead atoms. The fourth-order valence-electron chi connectivity index (χ4n) is 1.28. The van der Waals surface area contributed by atoms with Gasteiger partial charge in [0.1, 0.15) is 11.6 Å². The Kier molecular flexibility index (Phi) is 3.52. The molecule has 0 unspecified atom stereocenters. The fraction of sp³-hybridized carbons (Fsp3) is 0.0909. The zero-order valence-corrected chi connectivity index (χ0v) is 9.91. The number of hydrogen-bond acceptors (Lipinski definition) is 5. The molecule has 0 amide bonds. The third-order valence-electron chi connectivity index (χ3n) is 2.12. The molecule has 2 aromatic rings. The number of nitrogens with two attached hydrogens (primary N) is 1. The highest BCUT2D eigenvalue weighted by Crippen LogP contribution is 2.28. The maximum Gasteiger partial charge on any atom is 0.358 e. The molecule has 0 atom stereocenters. The van der Waals surface area contributed by atoms with Gasteiger partial charge in [-0.15, -0.1) is 11.8 Å². The van der Waals surface area contributed by atoms with Crippen LogP contribution in [0.2, 0.25) is 0 Å². The number of carboxylic acid groups (broad SMARTS) is 1. The van der Waals surface area contributed by atoms with E-state index in [4.69, 9.17) is 15.4 Å². The molecular weight excluding hydrogens is 259 g/mol. The number of aromatic carboxylic acids is 1. The highest BCUT2D eigenvalue weighted by Gasteiger charge is 2.11. The van der Waals surface area contributed by atoms with Crippen molar-refractivity contribution in [3.63, 3.8) is 0 Å². The Morgan fingerprint density at radius 3 is 2.89 bits per heavy atom. The average Bonchev–Trinajstić information content (AvgIpc) is 2.76. The zero-order valence-electron chi connectivity index (χ0n) is 9.09. The number of aromatic nitrogens is 1. The van der Waals surface area contributed by atoms with Crippen LogP contribution >= 0.6 is 11.8 Å². The van der Waals surface area contributed by atoms with Gasteiger partial charge in [-0.05, 0) is 18.2 Å².